The number of carbonyl (C=O) groups is 3. The monoisotopic (exact) mass is 550 g/mol. The summed E-state index contributed by atoms with van der Waals surface area (Å²) in [5, 5.41) is 23.3. The number of alkyl halides is 3. The maximum absolute atomic E-state index is 12.9. The zero-order valence-corrected chi connectivity index (χ0v) is 21.5. The van der Waals surface area contributed by atoms with Crippen LogP contribution in [-0.2, 0) is 14.3 Å². The quantitative estimate of drug-likeness (QED) is 0.215. The first kappa shape index (κ1) is 29.2. The molecule has 0 atom stereocenters. The molecule has 11 nitrogen and oxygen atoms in total. The van der Waals surface area contributed by atoms with E-state index in [4.69, 9.17) is 15.6 Å². The van der Waals surface area contributed by atoms with Gasteiger partial charge in [0.25, 0.3) is 11.8 Å². The molecule has 3 rings (SSSR count). The lowest BCUT2D eigenvalue weighted by Crippen LogP contribution is -2.45. The number of benzene rings is 1. The van der Waals surface area contributed by atoms with E-state index in [9.17, 15) is 27.6 Å². The molecule has 0 aromatic heterocycles. The summed E-state index contributed by atoms with van der Waals surface area (Å²) in [4.78, 5) is 39.2. The first-order valence-corrected chi connectivity index (χ1v) is 11.9. The zero-order chi connectivity index (χ0) is 29.0. The van der Waals surface area contributed by atoms with Crippen LogP contribution in [0.4, 0.5) is 18.0 Å². The van der Waals surface area contributed by atoms with E-state index in [1.165, 1.54) is 18.2 Å². The lowest BCUT2D eigenvalue weighted by molar-refractivity contribution is -0.274. The number of halogens is 3. The Hall–Kier alpha value is -4.36. The maximum atomic E-state index is 12.9. The normalized spacial score (nSPS) is 17.7. The molecule has 1 fully saturated rings. The van der Waals surface area contributed by atoms with Gasteiger partial charge in [-0.1, -0.05) is 12.1 Å². The van der Waals surface area contributed by atoms with Crippen LogP contribution in [0, 0.1) is 16.7 Å². The number of hydrogen-bond acceptors (Lipinski definition) is 8. The molecular weight excluding hydrogens is 521 g/mol. The molecule has 0 unspecified atom stereocenters. The SMILES string of the molecule is CC(C)(C)OC(=O)N1CCC(C2=CC(=O)N/C(=C(/C=N)C(=O)NC(=N)c3ccccc3OC(F)(F)F)N2)CC1. The molecule has 1 aromatic rings. The van der Waals surface area contributed by atoms with E-state index in [1.54, 1.807) is 25.7 Å². The number of piperidine rings is 1. The fraction of sp³-hybridized carbons (Fsp3) is 0.400. The average molecular weight is 551 g/mol. The van der Waals surface area contributed by atoms with Crippen LogP contribution in [-0.4, -0.2) is 59.9 Å². The van der Waals surface area contributed by atoms with Gasteiger partial charge in [0.15, 0.2) is 0 Å². The van der Waals surface area contributed by atoms with Crippen molar-refractivity contribution in [3.8, 4) is 5.75 Å². The molecule has 0 radical (unpaired) electrons. The molecule has 2 aliphatic heterocycles. The summed E-state index contributed by atoms with van der Waals surface area (Å²) in [7, 11) is 0. The predicted molar refractivity (Wildman–Crippen MR) is 134 cm³/mol. The largest absolute Gasteiger partial charge is 0.573 e. The highest BCUT2D eigenvalue weighted by Gasteiger charge is 2.33. The van der Waals surface area contributed by atoms with E-state index in [-0.39, 0.29) is 22.9 Å². The highest BCUT2D eigenvalue weighted by atomic mass is 19.4. The van der Waals surface area contributed by atoms with Crippen molar-refractivity contribution in [2.24, 2.45) is 5.92 Å². The minimum Gasteiger partial charge on any atom is -0.444 e. The lowest BCUT2D eigenvalue weighted by Gasteiger charge is -2.35. The standard InChI is InChI=1S/C25H29F3N6O5/c1-24(2,3)39-23(37)34-10-8-14(9-11-34)17-12-19(35)32-21(31-17)16(13-29)22(36)33-20(30)15-6-4-5-7-18(15)38-25(26,27)28/h4-7,12-14,29,31H,8-11H2,1-3H3,(H,32,35)(H2,30,33,36)/b21-16-,29-13?. The molecule has 39 heavy (non-hydrogen) atoms. The van der Waals surface area contributed by atoms with E-state index in [0.29, 0.717) is 37.8 Å². The third-order valence-corrected chi connectivity index (χ3v) is 5.67. The van der Waals surface area contributed by atoms with Crippen molar-refractivity contribution >= 4 is 30.0 Å². The Morgan fingerprint density at radius 1 is 1.13 bits per heavy atom. The summed E-state index contributed by atoms with van der Waals surface area (Å²) in [5.41, 5.74) is -0.856. The Morgan fingerprint density at radius 3 is 2.36 bits per heavy atom. The Labute approximate surface area is 222 Å². The third-order valence-electron chi connectivity index (χ3n) is 5.67. The summed E-state index contributed by atoms with van der Waals surface area (Å²) in [6.07, 6.45) is -2.46. The summed E-state index contributed by atoms with van der Waals surface area (Å²) < 4.78 is 47.5. The molecule has 2 heterocycles. The van der Waals surface area contributed by atoms with Gasteiger partial charge in [-0.2, -0.15) is 0 Å². The summed E-state index contributed by atoms with van der Waals surface area (Å²) >= 11 is 0. The number of ether oxygens (including phenoxy) is 2. The second-order valence-corrected chi connectivity index (χ2v) is 9.76. The molecule has 0 spiro atoms. The molecule has 3 amide bonds. The number of allylic oxidation sites excluding steroid dienone is 1. The second-order valence-electron chi connectivity index (χ2n) is 9.76. The highest BCUT2D eigenvalue weighted by Crippen LogP contribution is 2.28. The van der Waals surface area contributed by atoms with Crippen molar-refractivity contribution in [1.82, 2.24) is 20.9 Å². The molecular formula is C25H29F3N6O5. The topological polar surface area (TPSA) is 157 Å². The van der Waals surface area contributed by atoms with Crippen LogP contribution in [0.15, 0.2) is 47.4 Å². The van der Waals surface area contributed by atoms with Crippen LogP contribution >= 0.6 is 0 Å². The van der Waals surface area contributed by atoms with E-state index < -0.39 is 41.5 Å². The predicted octanol–water partition coefficient (Wildman–Crippen LogP) is 3.14. The van der Waals surface area contributed by atoms with E-state index in [0.717, 1.165) is 12.1 Å². The van der Waals surface area contributed by atoms with Gasteiger partial charge in [0.2, 0.25) is 0 Å². The summed E-state index contributed by atoms with van der Waals surface area (Å²) in [6.45, 7) is 6.08. The average Bonchev–Trinajstić information content (AvgIpc) is 2.82. The number of hydrogen-bond donors (Lipinski definition) is 5. The van der Waals surface area contributed by atoms with Gasteiger partial charge in [0.1, 0.15) is 23.0 Å². The fourth-order valence-corrected chi connectivity index (χ4v) is 3.95. The van der Waals surface area contributed by atoms with Crippen LogP contribution < -0.4 is 20.7 Å². The van der Waals surface area contributed by atoms with Crippen molar-refractivity contribution in [3.05, 3.63) is 53.0 Å². The Kier molecular flexibility index (Phi) is 8.67. The molecule has 5 N–H and O–H groups in total. The van der Waals surface area contributed by atoms with Crippen LogP contribution in [0.3, 0.4) is 0 Å². The van der Waals surface area contributed by atoms with Gasteiger partial charge in [-0.25, -0.2) is 4.79 Å². The van der Waals surface area contributed by atoms with Crippen LogP contribution in [0.5, 0.6) is 5.75 Å². The Morgan fingerprint density at radius 2 is 1.77 bits per heavy atom. The molecule has 1 aromatic carbocycles. The van der Waals surface area contributed by atoms with Crippen LogP contribution in [0.2, 0.25) is 0 Å². The highest BCUT2D eigenvalue weighted by molar-refractivity contribution is 6.20. The first-order valence-electron chi connectivity index (χ1n) is 11.9. The molecule has 14 heteroatoms. The first-order chi connectivity index (χ1) is 18.2. The minimum atomic E-state index is -5.01. The van der Waals surface area contributed by atoms with Gasteiger partial charge in [0, 0.05) is 37.0 Å². The maximum Gasteiger partial charge on any atom is 0.573 e. The number of rotatable bonds is 5. The number of carbonyl (C=O) groups excluding carboxylic acids is 3. The van der Waals surface area contributed by atoms with Crippen molar-refractivity contribution < 1.29 is 37.0 Å². The molecule has 0 aliphatic carbocycles. The van der Waals surface area contributed by atoms with Gasteiger partial charge >= 0.3 is 12.5 Å². The summed E-state index contributed by atoms with van der Waals surface area (Å²) in [5.74, 6) is -3.24. The number of likely N-dealkylation sites (tertiary alicyclic amines) is 1. The number of nitrogens with one attached hydrogen (secondary N) is 5. The Bertz CT molecular complexity index is 1230. The van der Waals surface area contributed by atoms with E-state index in [2.05, 4.69) is 20.7 Å². The van der Waals surface area contributed by atoms with Gasteiger partial charge < -0.3 is 35.7 Å². The van der Waals surface area contributed by atoms with E-state index in [1.807, 2.05) is 0 Å². The number of para-hydroxylation sites is 1. The fourth-order valence-electron chi connectivity index (χ4n) is 3.95. The molecule has 2 aliphatic rings. The molecule has 0 bridgehead atoms. The summed E-state index contributed by atoms with van der Waals surface area (Å²) in [6, 6.07) is 4.79. The van der Waals surface area contributed by atoms with Crippen molar-refractivity contribution in [1.29, 1.82) is 10.8 Å². The molecule has 210 valence electrons. The lowest BCUT2D eigenvalue weighted by atomic mass is 9.92. The number of nitrogens with zero attached hydrogens (tertiary/aromatic N) is 1. The number of amidine groups is 1. The van der Waals surface area contributed by atoms with Gasteiger partial charge in [-0.3, -0.25) is 15.0 Å². The number of amides is 3. The van der Waals surface area contributed by atoms with Crippen LogP contribution in [0.1, 0.15) is 39.2 Å². The Balaban J connectivity index is 1.71. The third kappa shape index (κ3) is 8.06. The van der Waals surface area contributed by atoms with Crippen molar-refractivity contribution in [3.63, 3.8) is 0 Å². The van der Waals surface area contributed by atoms with E-state index >= 15 is 0 Å². The second kappa shape index (κ2) is 11.6. The minimum absolute atomic E-state index is 0.118. The molecule has 1 saturated heterocycles. The van der Waals surface area contributed by atoms with Gasteiger partial charge in [0.05, 0.1) is 11.1 Å². The van der Waals surface area contributed by atoms with Crippen molar-refractivity contribution in [2.75, 3.05) is 13.1 Å². The van der Waals surface area contributed by atoms with Crippen LogP contribution in [0.25, 0.3) is 0 Å². The van der Waals surface area contributed by atoms with Crippen molar-refractivity contribution in [2.45, 2.75) is 45.6 Å². The smallest absolute Gasteiger partial charge is 0.444 e. The molecule has 0 saturated carbocycles. The zero-order valence-electron chi connectivity index (χ0n) is 21.5. The van der Waals surface area contributed by atoms with Gasteiger partial charge in [-0.05, 0) is 45.7 Å². The van der Waals surface area contributed by atoms with Gasteiger partial charge in [-0.15, -0.1) is 13.2 Å².